The molecular formula is C15H22N4S. The van der Waals surface area contributed by atoms with Crippen LogP contribution in [0.15, 0.2) is 17.6 Å². The Morgan fingerprint density at radius 2 is 2.05 bits per heavy atom. The van der Waals surface area contributed by atoms with E-state index in [4.69, 9.17) is 4.98 Å². The lowest BCUT2D eigenvalue weighted by Crippen LogP contribution is -2.19. The van der Waals surface area contributed by atoms with E-state index >= 15 is 0 Å². The van der Waals surface area contributed by atoms with Crippen molar-refractivity contribution in [2.75, 3.05) is 18.5 Å². The topological polar surface area (TPSA) is 41.0 Å². The molecule has 0 unspecified atom stereocenters. The number of rotatable bonds is 6. The molecule has 4 nitrogen and oxygen atoms in total. The first kappa shape index (κ1) is 14.9. The number of aromatic nitrogens is 2. The molecular weight excluding hydrogens is 268 g/mol. The molecule has 0 radical (unpaired) electrons. The molecule has 1 N–H and O–H groups in total. The highest BCUT2D eigenvalue weighted by atomic mass is 32.1. The third-order valence-corrected chi connectivity index (χ3v) is 4.28. The summed E-state index contributed by atoms with van der Waals surface area (Å²) in [5, 5.41) is 3.34. The molecule has 0 amide bonds. The number of pyridine rings is 1. The van der Waals surface area contributed by atoms with Gasteiger partial charge < -0.3 is 10.2 Å². The van der Waals surface area contributed by atoms with Crippen LogP contribution in [0.4, 0.5) is 5.82 Å². The molecule has 0 aliphatic carbocycles. The average molecular weight is 290 g/mol. The fraction of sp³-hybridized carbons (Fsp3) is 0.467. The fourth-order valence-corrected chi connectivity index (χ4v) is 2.84. The van der Waals surface area contributed by atoms with Crippen molar-refractivity contribution in [1.29, 1.82) is 0 Å². The van der Waals surface area contributed by atoms with Crippen LogP contribution in [-0.4, -0.2) is 23.6 Å². The number of aryl methyl sites for hydroxylation is 2. The first-order valence-electron chi connectivity index (χ1n) is 6.89. The number of hydrogen-bond acceptors (Lipinski definition) is 5. The summed E-state index contributed by atoms with van der Waals surface area (Å²) < 4.78 is 0. The number of nitrogens with zero attached hydrogens (tertiary/aromatic N) is 3. The smallest absolute Gasteiger partial charge is 0.128 e. The molecule has 5 heteroatoms. The molecule has 108 valence electrons. The van der Waals surface area contributed by atoms with Crippen molar-refractivity contribution in [2.45, 2.75) is 33.9 Å². The Labute approximate surface area is 124 Å². The SMILES string of the molecule is CCNCc1ccc(N(C)Cc2scnc2C)nc1C. The van der Waals surface area contributed by atoms with E-state index in [0.29, 0.717) is 0 Å². The summed E-state index contributed by atoms with van der Waals surface area (Å²) in [6.45, 7) is 8.96. The summed E-state index contributed by atoms with van der Waals surface area (Å²) in [5.41, 5.74) is 5.37. The molecule has 0 spiro atoms. The fourth-order valence-electron chi connectivity index (χ4n) is 2.01. The number of thiazole rings is 1. The largest absolute Gasteiger partial charge is 0.354 e. The van der Waals surface area contributed by atoms with Crippen LogP contribution in [0.5, 0.6) is 0 Å². The first-order chi connectivity index (χ1) is 9.61. The average Bonchev–Trinajstić information content (AvgIpc) is 2.83. The van der Waals surface area contributed by atoms with Crippen LogP contribution < -0.4 is 10.2 Å². The van der Waals surface area contributed by atoms with E-state index in [0.717, 1.165) is 36.8 Å². The van der Waals surface area contributed by atoms with E-state index in [1.165, 1.54) is 10.4 Å². The van der Waals surface area contributed by atoms with Crippen LogP contribution in [0.1, 0.15) is 28.8 Å². The number of hydrogen-bond donors (Lipinski definition) is 1. The van der Waals surface area contributed by atoms with Gasteiger partial charge in [-0.05, 0) is 32.0 Å². The molecule has 0 aromatic carbocycles. The summed E-state index contributed by atoms with van der Waals surface area (Å²) >= 11 is 1.70. The second-order valence-electron chi connectivity index (χ2n) is 4.91. The van der Waals surface area contributed by atoms with Crippen LogP contribution in [0.3, 0.4) is 0 Å². The first-order valence-corrected chi connectivity index (χ1v) is 7.77. The molecule has 2 rings (SSSR count). The van der Waals surface area contributed by atoms with Gasteiger partial charge in [0.15, 0.2) is 0 Å². The zero-order chi connectivity index (χ0) is 14.5. The van der Waals surface area contributed by atoms with Crippen molar-refractivity contribution in [2.24, 2.45) is 0 Å². The van der Waals surface area contributed by atoms with Gasteiger partial charge in [-0.1, -0.05) is 13.0 Å². The Bertz CT molecular complexity index is 565. The predicted octanol–water partition coefficient (Wildman–Crippen LogP) is 2.90. The monoisotopic (exact) mass is 290 g/mol. The van der Waals surface area contributed by atoms with E-state index < -0.39 is 0 Å². The molecule has 2 aromatic heterocycles. The minimum absolute atomic E-state index is 0.857. The maximum absolute atomic E-state index is 4.71. The predicted molar refractivity (Wildman–Crippen MR) is 85.3 cm³/mol. The Morgan fingerprint density at radius 3 is 2.65 bits per heavy atom. The van der Waals surface area contributed by atoms with Gasteiger partial charge in [0.1, 0.15) is 5.82 Å². The second-order valence-corrected chi connectivity index (χ2v) is 5.85. The summed E-state index contributed by atoms with van der Waals surface area (Å²) in [7, 11) is 2.07. The van der Waals surface area contributed by atoms with Crippen LogP contribution in [0, 0.1) is 13.8 Å². The Hall–Kier alpha value is -1.46. The van der Waals surface area contributed by atoms with Crippen molar-refractivity contribution in [3.63, 3.8) is 0 Å². The van der Waals surface area contributed by atoms with E-state index in [1.807, 2.05) is 5.51 Å². The normalized spacial score (nSPS) is 10.8. The molecule has 2 aromatic rings. The van der Waals surface area contributed by atoms with Gasteiger partial charge >= 0.3 is 0 Å². The molecule has 0 aliphatic rings. The van der Waals surface area contributed by atoms with E-state index in [2.05, 4.69) is 55.2 Å². The highest BCUT2D eigenvalue weighted by Crippen LogP contribution is 2.19. The zero-order valence-corrected chi connectivity index (χ0v) is 13.4. The van der Waals surface area contributed by atoms with Crippen molar-refractivity contribution in [3.8, 4) is 0 Å². The van der Waals surface area contributed by atoms with Gasteiger partial charge in [0.25, 0.3) is 0 Å². The van der Waals surface area contributed by atoms with Crippen molar-refractivity contribution in [1.82, 2.24) is 15.3 Å². The lowest BCUT2D eigenvalue weighted by atomic mass is 10.2. The van der Waals surface area contributed by atoms with Crippen LogP contribution in [-0.2, 0) is 13.1 Å². The lowest BCUT2D eigenvalue weighted by molar-refractivity contribution is 0.719. The van der Waals surface area contributed by atoms with Crippen molar-refractivity contribution in [3.05, 3.63) is 39.5 Å². The molecule has 20 heavy (non-hydrogen) atoms. The van der Waals surface area contributed by atoms with E-state index in [1.54, 1.807) is 11.3 Å². The molecule has 0 saturated carbocycles. The van der Waals surface area contributed by atoms with Gasteiger partial charge in [0.2, 0.25) is 0 Å². The van der Waals surface area contributed by atoms with Crippen LogP contribution in [0.2, 0.25) is 0 Å². The van der Waals surface area contributed by atoms with Gasteiger partial charge in [-0.25, -0.2) is 9.97 Å². The summed E-state index contributed by atoms with van der Waals surface area (Å²) in [6, 6.07) is 4.26. The Morgan fingerprint density at radius 1 is 1.25 bits per heavy atom. The van der Waals surface area contributed by atoms with Crippen molar-refractivity contribution >= 4 is 17.2 Å². The molecule has 0 saturated heterocycles. The number of nitrogens with one attached hydrogen (secondary N) is 1. The lowest BCUT2D eigenvalue weighted by Gasteiger charge is -2.19. The molecule has 0 atom stereocenters. The zero-order valence-electron chi connectivity index (χ0n) is 12.6. The summed E-state index contributed by atoms with van der Waals surface area (Å²) in [6.07, 6.45) is 0. The van der Waals surface area contributed by atoms with Crippen LogP contribution in [0.25, 0.3) is 0 Å². The quantitative estimate of drug-likeness (QED) is 0.888. The highest BCUT2D eigenvalue weighted by molar-refractivity contribution is 7.09. The maximum Gasteiger partial charge on any atom is 0.128 e. The van der Waals surface area contributed by atoms with Gasteiger partial charge in [0, 0.05) is 24.2 Å². The Balaban J connectivity index is 2.08. The minimum Gasteiger partial charge on any atom is -0.354 e. The third-order valence-electron chi connectivity index (χ3n) is 3.36. The second kappa shape index (κ2) is 6.81. The maximum atomic E-state index is 4.71. The van der Waals surface area contributed by atoms with Crippen LogP contribution >= 0.6 is 11.3 Å². The van der Waals surface area contributed by atoms with Crippen molar-refractivity contribution < 1.29 is 0 Å². The summed E-state index contributed by atoms with van der Waals surface area (Å²) in [4.78, 5) is 12.5. The standard InChI is InChI=1S/C15H22N4S/c1-5-16-8-13-6-7-15(18-11(13)2)19(4)9-14-12(3)17-10-20-14/h6-7,10,16H,5,8-9H2,1-4H3. The van der Waals surface area contributed by atoms with Gasteiger partial charge in [-0.2, -0.15) is 0 Å². The number of anilines is 1. The van der Waals surface area contributed by atoms with E-state index in [9.17, 15) is 0 Å². The molecule has 0 fully saturated rings. The molecule has 0 bridgehead atoms. The van der Waals surface area contributed by atoms with Gasteiger partial charge in [0.05, 0.1) is 17.7 Å². The summed E-state index contributed by atoms with van der Waals surface area (Å²) in [5.74, 6) is 1.01. The van der Waals surface area contributed by atoms with Gasteiger partial charge in [-0.3, -0.25) is 0 Å². The van der Waals surface area contributed by atoms with Gasteiger partial charge in [-0.15, -0.1) is 11.3 Å². The minimum atomic E-state index is 0.857. The Kier molecular flexibility index (Phi) is 5.09. The molecule has 0 aliphatic heterocycles. The highest BCUT2D eigenvalue weighted by Gasteiger charge is 2.09. The molecule has 2 heterocycles. The van der Waals surface area contributed by atoms with E-state index in [-0.39, 0.29) is 0 Å². The third kappa shape index (κ3) is 3.55.